The number of amides is 1. The first kappa shape index (κ1) is 16.5. The molecule has 0 aliphatic carbocycles. The van der Waals surface area contributed by atoms with Crippen LogP contribution < -0.4 is 11.1 Å². The van der Waals surface area contributed by atoms with E-state index in [2.05, 4.69) is 5.32 Å². The number of hydrogen-bond donors (Lipinski definition) is 2. The predicted molar refractivity (Wildman–Crippen MR) is 79.1 cm³/mol. The molecule has 1 rings (SSSR count). The third kappa shape index (κ3) is 4.82. The number of benzene rings is 1. The van der Waals surface area contributed by atoms with Gasteiger partial charge in [0.25, 0.3) is 6.43 Å². The van der Waals surface area contributed by atoms with Crippen molar-refractivity contribution < 1.29 is 13.6 Å². The first-order valence-electron chi connectivity index (χ1n) is 6.00. The van der Waals surface area contributed by atoms with Crippen LogP contribution in [0, 0.1) is 0 Å². The Balaban J connectivity index is 2.63. The maximum atomic E-state index is 12.3. The largest absolute Gasteiger partial charge is 0.389 e. The molecule has 1 atom stereocenters. The highest BCUT2D eigenvalue weighted by molar-refractivity contribution is 7.80. The molecule has 4 nitrogen and oxygen atoms in total. The molecule has 0 aliphatic rings. The van der Waals surface area contributed by atoms with E-state index in [-0.39, 0.29) is 10.9 Å². The van der Waals surface area contributed by atoms with Crippen LogP contribution in [0.1, 0.15) is 12.5 Å². The summed E-state index contributed by atoms with van der Waals surface area (Å²) in [6.07, 6.45) is -2.47. The fourth-order valence-corrected chi connectivity index (χ4v) is 1.68. The van der Waals surface area contributed by atoms with Crippen molar-refractivity contribution in [3.63, 3.8) is 0 Å². The van der Waals surface area contributed by atoms with E-state index in [1.807, 2.05) is 0 Å². The number of alkyl halides is 2. The molecule has 0 aliphatic heterocycles. The molecular formula is C13H17F2N3OS. The van der Waals surface area contributed by atoms with Gasteiger partial charge in [0.05, 0.1) is 12.6 Å². The molecule has 3 N–H and O–H groups in total. The SMILES string of the molecule is CC(C(=O)Nc1ccc(C(N)=S)cc1)N(C)CC(F)F. The molecule has 7 heteroatoms. The van der Waals surface area contributed by atoms with Gasteiger partial charge in [-0.1, -0.05) is 12.2 Å². The monoisotopic (exact) mass is 301 g/mol. The molecule has 0 fully saturated rings. The van der Waals surface area contributed by atoms with Gasteiger partial charge in [-0.25, -0.2) is 8.78 Å². The Hall–Kier alpha value is -1.60. The minimum atomic E-state index is -2.47. The second-order valence-corrected chi connectivity index (χ2v) is 4.88. The number of rotatable bonds is 6. The van der Waals surface area contributed by atoms with Gasteiger partial charge in [0.1, 0.15) is 4.99 Å². The first-order chi connectivity index (χ1) is 9.31. The predicted octanol–water partition coefficient (Wildman–Crippen LogP) is 1.84. The van der Waals surface area contributed by atoms with E-state index in [4.69, 9.17) is 18.0 Å². The summed E-state index contributed by atoms with van der Waals surface area (Å²) in [5.74, 6) is -0.351. The Bertz CT molecular complexity index is 479. The average Bonchev–Trinajstić information content (AvgIpc) is 2.37. The minimum absolute atomic E-state index is 0.271. The Kier molecular flexibility index (Phi) is 5.97. The van der Waals surface area contributed by atoms with E-state index in [0.29, 0.717) is 11.3 Å². The lowest BCUT2D eigenvalue weighted by atomic mass is 10.2. The molecule has 20 heavy (non-hydrogen) atoms. The molecule has 0 spiro atoms. The van der Waals surface area contributed by atoms with Crippen molar-refractivity contribution in [1.29, 1.82) is 0 Å². The van der Waals surface area contributed by atoms with Gasteiger partial charge in [0.2, 0.25) is 5.91 Å². The van der Waals surface area contributed by atoms with Crippen LogP contribution in [-0.4, -0.2) is 41.9 Å². The van der Waals surface area contributed by atoms with Crippen LogP contribution >= 0.6 is 12.2 Å². The zero-order chi connectivity index (χ0) is 15.3. The second-order valence-electron chi connectivity index (χ2n) is 4.44. The van der Waals surface area contributed by atoms with Gasteiger partial charge in [-0.3, -0.25) is 9.69 Å². The summed E-state index contributed by atoms with van der Waals surface area (Å²) in [5.41, 5.74) is 6.72. The fourth-order valence-electron chi connectivity index (χ4n) is 1.54. The number of nitrogens with one attached hydrogen (secondary N) is 1. The van der Waals surface area contributed by atoms with E-state index in [9.17, 15) is 13.6 Å². The van der Waals surface area contributed by atoms with Crippen molar-refractivity contribution in [2.24, 2.45) is 5.73 Å². The average molecular weight is 301 g/mol. The molecule has 1 aromatic carbocycles. The van der Waals surface area contributed by atoms with Gasteiger partial charge < -0.3 is 11.1 Å². The summed E-state index contributed by atoms with van der Waals surface area (Å²) in [6, 6.07) is 6.04. The molecule has 1 amide bonds. The number of carbonyl (C=O) groups excluding carboxylic acids is 1. The van der Waals surface area contributed by atoms with E-state index in [1.54, 1.807) is 31.2 Å². The number of nitrogens with zero attached hydrogens (tertiary/aromatic N) is 1. The van der Waals surface area contributed by atoms with Crippen LogP contribution in [0.3, 0.4) is 0 Å². The zero-order valence-electron chi connectivity index (χ0n) is 11.3. The molecule has 0 saturated heterocycles. The smallest absolute Gasteiger partial charge is 0.251 e. The van der Waals surface area contributed by atoms with Gasteiger partial charge in [0, 0.05) is 11.3 Å². The van der Waals surface area contributed by atoms with Crippen LogP contribution in [-0.2, 0) is 4.79 Å². The molecule has 0 bridgehead atoms. The summed E-state index contributed by atoms with van der Waals surface area (Å²) in [4.78, 5) is 13.5. The molecule has 0 radical (unpaired) electrons. The van der Waals surface area contributed by atoms with Gasteiger partial charge >= 0.3 is 0 Å². The zero-order valence-corrected chi connectivity index (χ0v) is 12.1. The van der Waals surface area contributed by atoms with Crippen molar-refractivity contribution in [1.82, 2.24) is 4.90 Å². The van der Waals surface area contributed by atoms with Crippen molar-refractivity contribution in [2.45, 2.75) is 19.4 Å². The third-order valence-corrected chi connectivity index (χ3v) is 3.14. The second kappa shape index (κ2) is 7.25. The van der Waals surface area contributed by atoms with E-state index in [0.717, 1.165) is 0 Å². The Labute approximate surface area is 121 Å². The highest BCUT2D eigenvalue weighted by Gasteiger charge is 2.20. The van der Waals surface area contributed by atoms with Crippen molar-refractivity contribution in [3.8, 4) is 0 Å². The number of thiocarbonyl (C=S) groups is 1. The standard InChI is InChI=1S/C13H17F2N3OS/c1-8(18(2)7-11(14)15)13(19)17-10-5-3-9(4-6-10)12(16)20/h3-6,8,11H,7H2,1-2H3,(H2,16,20)(H,17,19). The van der Waals surface area contributed by atoms with Gasteiger partial charge in [-0.05, 0) is 38.2 Å². The van der Waals surface area contributed by atoms with Gasteiger partial charge in [-0.2, -0.15) is 0 Å². The van der Waals surface area contributed by atoms with Crippen LogP contribution in [0.5, 0.6) is 0 Å². The van der Waals surface area contributed by atoms with E-state index in [1.165, 1.54) is 11.9 Å². The molecule has 110 valence electrons. The lowest BCUT2D eigenvalue weighted by Gasteiger charge is -2.23. The highest BCUT2D eigenvalue weighted by atomic mass is 32.1. The van der Waals surface area contributed by atoms with Crippen molar-refractivity contribution in [2.75, 3.05) is 18.9 Å². The topological polar surface area (TPSA) is 58.4 Å². The van der Waals surface area contributed by atoms with Crippen molar-refractivity contribution >= 4 is 28.8 Å². The fraction of sp³-hybridized carbons (Fsp3) is 0.385. The number of carbonyl (C=O) groups is 1. The van der Waals surface area contributed by atoms with E-state index >= 15 is 0 Å². The maximum absolute atomic E-state index is 12.3. The first-order valence-corrected chi connectivity index (χ1v) is 6.41. The number of likely N-dealkylation sites (N-methyl/N-ethyl adjacent to an activating group) is 1. The molecule has 0 aromatic heterocycles. The summed E-state index contributed by atoms with van der Waals surface area (Å²) < 4.78 is 24.5. The number of anilines is 1. The quantitative estimate of drug-likeness (QED) is 0.787. The summed E-state index contributed by atoms with van der Waals surface area (Å²) in [5, 5.41) is 2.65. The third-order valence-electron chi connectivity index (χ3n) is 2.90. The number of hydrogen-bond acceptors (Lipinski definition) is 3. The molecule has 1 aromatic rings. The summed E-state index contributed by atoms with van der Waals surface area (Å²) >= 11 is 4.82. The van der Waals surface area contributed by atoms with E-state index < -0.39 is 19.0 Å². The highest BCUT2D eigenvalue weighted by Crippen LogP contribution is 2.11. The Morgan fingerprint density at radius 1 is 1.40 bits per heavy atom. The van der Waals surface area contributed by atoms with Gasteiger partial charge in [0.15, 0.2) is 0 Å². The molecular weight excluding hydrogens is 284 g/mol. The van der Waals surface area contributed by atoms with Crippen LogP contribution in [0.25, 0.3) is 0 Å². The van der Waals surface area contributed by atoms with Crippen LogP contribution in [0.4, 0.5) is 14.5 Å². The Morgan fingerprint density at radius 3 is 2.40 bits per heavy atom. The normalized spacial score (nSPS) is 12.5. The van der Waals surface area contributed by atoms with Crippen LogP contribution in [0.15, 0.2) is 24.3 Å². The summed E-state index contributed by atoms with van der Waals surface area (Å²) in [6.45, 7) is 1.12. The van der Waals surface area contributed by atoms with Crippen molar-refractivity contribution in [3.05, 3.63) is 29.8 Å². The van der Waals surface area contributed by atoms with Crippen LogP contribution in [0.2, 0.25) is 0 Å². The number of halogens is 2. The Morgan fingerprint density at radius 2 is 1.95 bits per heavy atom. The lowest BCUT2D eigenvalue weighted by molar-refractivity contribution is -0.120. The lowest BCUT2D eigenvalue weighted by Crippen LogP contribution is -2.41. The molecule has 1 unspecified atom stereocenters. The minimum Gasteiger partial charge on any atom is -0.389 e. The van der Waals surface area contributed by atoms with Gasteiger partial charge in [-0.15, -0.1) is 0 Å². The maximum Gasteiger partial charge on any atom is 0.251 e. The summed E-state index contributed by atoms with van der Waals surface area (Å²) in [7, 11) is 1.48. The molecule has 0 heterocycles. The number of nitrogens with two attached hydrogens (primary N) is 1. The molecule has 0 saturated carbocycles.